The molecule has 0 fully saturated rings. The van der Waals surface area contributed by atoms with Crippen LogP contribution < -0.4 is 11.1 Å². The lowest BCUT2D eigenvalue weighted by Crippen LogP contribution is -2.54. The smallest absolute Gasteiger partial charge is 0.329 e. The summed E-state index contributed by atoms with van der Waals surface area (Å²) < 4.78 is 0. The fraction of sp³-hybridized carbons (Fsp3) is 0.818. The van der Waals surface area contributed by atoms with Gasteiger partial charge in [0.2, 0.25) is 5.91 Å². The van der Waals surface area contributed by atoms with E-state index in [1.807, 2.05) is 13.8 Å². The number of carbonyl (C=O) groups is 2. The number of aliphatic carboxylic acids is 1. The molecule has 0 aromatic rings. The van der Waals surface area contributed by atoms with Gasteiger partial charge in [-0.05, 0) is 19.8 Å². The normalized spacial score (nSPS) is 16.2. The number of nitrogens with two attached hydrogens (primary N) is 1. The number of nitrogens with one attached hydrogen (secondary N) is 1. The summed E-state index contributed by atoms with van der Waals surface area (Å²) in [5, 5.41) is 11.7. The summed E-state index contributed by atoms with van der Waals surface area (Å²) in [5.74, 6) is -1.59. The quantitative estimate of drug-likeness (QED) is 0.601. The van der Waals surface area contributed by atoms with Crippen molar-refractivity contribution in [3.8, 4) is 0 Å². The molecule has 5 heteroatoms. The van der Waals surface area contributed by atoms with E-state index in [1.54, 1.807) is 0 Å². The van der Waals surface area contributed by atoms with E-state index in [0.29, 0.717) is 19.3 Å². The van der Waals surface area contributed by atoms with Gasteiger partial charge in [-0.25, -0.2) is 4.79 Å². The second-order valence-electron chi connectivity index (χ2n) is 4.22. The van der Waals surface area contributed by atoms with Crippen molar-refractivity contribution in [1.29, 1.82) is 0 Å². The fourth-order valence-corrected chi connectivity index (χ4v) is 1.56. The number of hydrogen-bond donors (Lipinski definition) is 3. The summed E-state index contributed by atoms with van der Waals surface area (Å²) in [7, 11) is 0. The van der Waals surface area contributed by atoms with Crippen molar-refractivity contribution in [2.45, 2.75) is 45.6 Å². The van der Waals surface area contributed by atoms with Gasteiger partial charge in [0.05, 0.1) is 0 Å². The largest absolute Gasteiger partial charge is 0.480 e. The molecule has 0 aliphatic carbocycles. The van der Waals surface area contributed by atoms with Crippen LogP contribution in [0.1, 0.15) is 40.0 Å². The highest BCUT2D eigenvalue weighted by atomic mass is 16.4. The summed E-state index contributed by atoms with van der Waals surface area (Å²) in [4.78, 5) is 22.8. The predicted octanol–water partition coefficient (Wildman–Crippen LogP) is 0.731. The zero-order chi connectivity index (χ0) is 12.8. The first kappa shape index (κ1) is 14.9. The van der Waals surface area contributed by atoms with Crippen LogP contribution in [0.2, 0.25) is 0 Å². The average Bonchev–Trinajstić information content (AvgIpc) is 2.19. The minimum absolute atomic E-state index is 0.240. The van der Waals surface area contributed by atoms with Gasteiger partial charge in [0, 0.05) is 12.5 Å². The molecule has 0 aromatic heterocycles. The van der Waals surface area contributed by atoms with Crippen LogP contribution >= 0.6 is 0 Å². The highest BCUT2D eigenvalue weighted by Crippen LogP contribution is 2.14. The molecule has 16 heavy (non-hydrogen) atoms. The summed E-state index contributed by atoms with van der Waals surface area (Å²) in [6.45, 7) is 5.51. The van der Waals surface area contributed by atoms with Crippen molar-refractivity contribution in [3.63, 3.8) is 0 Å². The van der Waals surface area contributed by atoms with Gasteiger partial charge in [-0.3, -0.25) is 4.79 Å². The maximum atomic E-state index is 11.7. The van der Waals surface area contributed by atoms with Crippen LogP contribution in [0.15, 0.2) is 0 Å². The van der Waals surface area contributed by atoms with E-state index in [1.165, 1.54) is 6.92 Å². The third-order valence-corrected chi connectivity index (χ3v) is 2.77. The van der Waals surface area contributed by atoms with Crippen LogP contribution in [0.5, 0.6) is 0 Å². The molecule has 0 bridgehead atoms. The van der Waals surface area contributed by atoms with Gasteiger partial charge in [0.1, 0.15) is 5.54 Å². The van der Waals surface area contributed by atoms with E-state index >= 15 is 0 Å². The third-order valence-electron chi connectivity index (χ3n) is 2.77. The fourth-order valence-electron chi connectivity index (χ4n) is 1.56. The van der Waals surface area contributed by atoms with Gasteiger partial charge < -0.3 is 16.2 Å². The van der Waals surface area contributed by atoms with E-state index < -0.39 is 11.5 Å². The first-order chi connectivity index (χ1) is 7.41. The van der Waals surface area contributed by atoms with Crippen LogP contribution in [0.3, 0.4) is 0 Å². The van der Waals surface area contributed by atoms with Crippen molar-refractivity contribution in [1.82, 2.24) is 5.32 Å². The van der Waals surface area contributed by atoms with Crippen LogP contribution in [0.4, 0.5) is 0 Å². The standard InChI is InChI=1S/C11H22N2O3/c1-4-6-11(3,10(15)16)13-9(14)8(5-2)7-12/h8H,4-7,12H2,1-3H3,(H,13,14)(H,15,16). The molecule has 0 saturated heterocycles. The Hall–Kier alpha value is -1.10. The maximum Gasteiger partial charge on any atom is 0.329 e. The van der Waals surface area contributed by atoms with Crippen molar-refractivity contribution < 1.29 is 14.7 Å². The van der Waals surface area contributed by atoms with E-state index in [-0.39, 0.29) is 18.4 Å². The van der Waals surface area contributed by atoms with Gasteiger partial charge in [-0.1, -0.05) is 20.3 Å². The Labute approximate surface area is 96.4 Å². The Balaban J connectivity index is 4.63. The number of rotatable bonds is 7. The van der Waals surface area contributed by atoms with Crippen molar-refractivity contribution in [2.24, 2.45) is 11.7 Å². The summed E-state index contributed by atoms with van der Waals surface area (Å²) in [6.07, 6.45) is 1.72. The van der Waals surface area contributed by atoms with Gasteiger partial charge in [0.15, 0.2) is 0 Å². The number of carbonyl (C=O) groups excluding carboxylic acids is 1. The monoisotopic (exact) mass is 230 g/mol. The van der Waals surface area contributed by atoms with Crippen LogP contribution in [-0.4, -0.2) is 29.1 Å². The molecule has 0 aliphatic heterocycles. The SMILES string of the molecule is CCCC(C)(NC(=O)C(CC)CN)C(=O)O. The highest BCUT2D eigenvalue weighted by molar-refractivity contribution is 5.87. The topological polar surface area (TPSA) is 92.4 Å². The zero-order valence-electron chi connectivity index (χ0n) is 10.2. The van der Waals surface area contributed by atoms with Crippen LogP contribution in [-0.2, 0) is 9.59 Å². The van der Waals surface area contributed by atoms with Gasteiger partial charge in [0.25, 0.3) is 0 Å². The molecule has 5 nitrogen and oxygen atoms in total. The minimum atomic E-state index is -1.19. The Morgan fingerprint density at radius 1 is 1.44 bits per heavy atom. The molecule has 0 heterocycles. The summed E-state index contributed by atoms with van der Waals surface area (Å²) >= 11 is 0. The second-order valence-corrected chi connectivity index (χ2v) is 4.22. The molecule has 1 amide bonds. The molecule has 2 atom stereocenters. The molecule has 0 aromatic carbocycles. The lowest BCUT2D eigenvalue weighted by molar-refractivity contribution is -0.147. The molecule has 0 rings (SSSR count). The minimum Gasteiger partial charge on any atom is -0.480 e. The van der Waals surface area contributed by atoms with E-state index in [9.17, 15) is 9.59 Å². The first-order valence-electron chi connectivity index (χ1n) is 5.66. The lowest BCUT2D eigenvalue weighted by atomic mass is 9.94. The predicted molar refractivity (Wildman–Crippen MR) is 61.9 cm³/mol. The molecular formula is C11H22N2O3. The Bertz CT molecular complexity index is 252. The second kappa shape index (κ2) is 6.48. The molecule has 0 spiro atoms. The van der Waals surface area contributed by atoms with E-state index in [4.69, 9.17) is 10.8 Å². The van der Waals surface area contributed by atoms with Crippen molar-refractivity contribution in [3.05, 3.63) is 0 Å². The van der Waals surface area contributed by atoms with Gasteiger partial charge >= 0.3 is 5.97 Å². The molecule has 0 aliphatic rings. The number of carboxylic acids is 1. The summed E-state index contributed by atoms with van der Waals surface area (Å²) in [6, 6.07) is 0. The number of hydrogen-bond acceptors (Lipinski definition) is 3. The Morgan fingerprint density at radius 3 is 2.31 bits per heavy atom. The Kier molecular flexibility index (Phi) is 6.03. The van der Waals surface area contributed by atoms with Crippen LogP contribution in [0, 0.1) is 5.92 Å². The average molecular weight is 230 g/mol. The number of amides is 1. The summed E-state index contributed by atoms with van der Waals surface area (Å²) in [5.41, 5.74) is 4.26. The molecule has 2 unspecified atom stereocenters. The van der Waals surface area contributed by atoms with Crippen molar-refractivity contribution in [2.75, 3.05) is 6.54 Å². The van der Waals surface area contributed by atoms with Crippen molar-refractivity contribution >= 4 is 11.9 Å². The molecule has 94 valence electrons. The molecule has 0 radical (unpaired) electrons. The van der Waals surface area contributed by atoms with Gasteiger partial charge in [-0.15, -0.1) is 0 Å². The van der Waals surface area contributed by atoms with Crippen LogP contribution in [0.25, 0.3) is 0 Å². The highest BCUT2D eigenvalue weighted by Gasteiger charge is 2.35. The molecule has 4 N–H and O–H groups in total. The lowest BCUT2D eigenvalue weighted by Gasteiger charge is -2.27. The molecule has 0 saturated carbocycles. The van der Waals surface area contributed by atoms with Gasteiger partial charge in [-0.2, -0.15) is 0 Å². The number of carboxylic acid groups (broad SMARTS) is 1. The third kappa shape index (κ3) is 3.81. The molecular weight excluding hydrogens is 208 g/mol. The first-order valence-corrected chi connectivity index (χ1v) is 5.66. The Morgan fingerprint density at radius 2 is 2.00 bits per heavy atom. The van der Waals surface area contributed by atoms with E-state index in [2.05, 4.69) is 5.32 Å². The zero-order valence-corrected chi connectivity index (χ0v) is 10.2. The maximum absolute atomic E-state index is 11.7. The van der Waals surface area contributed by atoms with E-state index in [0.717, 1.165) is 0 Å².